The molecule has 0 aliphatic rings. The second kappa shape index (κ2) is 10.2. The van der Waals surface area contributed by atoms with E-state index in [2.05, 4.69) is 175 Å². The molecule has 0 spiro atoms. The smallest absolute Gasteiger partial charge is 0.0551 e. The van der Waals surface area contributed by atoms with Crippen molar-refractivity contribution in [1.29, 1.82) is 0 Å². The highest BCUT2D eigenvalue weighted by Gasteiger charge is 2.21. The van der Waals surface area contributed by atoms with Gasteiger partial charge in [-0.15, -0.1) is 0 Å². The number of nitrogens with one attached hydrogen (secondary N) is 1. The zero-order valence-corrected chi connectivity index (χ0v) is 25.7. The van der Waals surface area contributed by atoms with Crippen LogP contribution in [0.25, 0.3) is 98.3 Å². The molecule has 0 bridgehead atoms. The van der Waals surface area contributed by atoms with E-state index < -0.39 is 0 Å². The van der Waals surface area contributed by atoms with Crippen LogP contribution < -0.4 is 0 Å². The van der Waals surface area contributed by atoms with Gasteiger partial charge in [0.1, 0.15) is 0 Å². The molecule has 1 heterocycles. The Balaban J connectivity index is 1.33. The molecule has 10 aromatic rings. The van der Waals surface area contributed by atoms with Crippen molar-refractivity contribution in [3.8, 4) is 33.4 Å². The van der Waals surface area contributed by atoms with Crippen LogP contribution in [0.15, 0.2) is 170 Å². The lowest BCUT2D eigenvalue weighted by Gasteiger charge is -2.20. The summed E-state index contributed by atoms with van der Waals surface area (Å²) in [5.74, 6) is 0. The maximum absolute atomic E-state index is 3.85. The molecule has 1 heteroatoms. The number of hydrogen-bond donors (Lipinski definition) is 1. The lowest BCUT2D eigenvalue weighted by atomic mass is 9.83. The zero-order valence-electron chi connectivity index (χ0n) is 25.7. The number of fused-ring (bicyclic) bond motifs is 7. The molecule has 0 unspecified atom stereocenters. The molecule has 0 aliphatic heterocycles. The van der Waals surface area contributed by atoms with Crippen molar-refractivity contribution < 1.29 is 0 Å². The molecule has 0 fully saturated rings. The maximum atomic E-state index is 3.85. The van der Waals surface area contributed by atoms with E-state index in [9.17, 15) is 0 Å². The first-order valence-corrected chi connectivity index (χ1v) is 16.3. The number of hydrogen-bond acceptors (Lipinski definition) is 0. The molecule has 10 rings (SSSR count). The predicted molar refractivity (Wildman–Crippen MR) is 202 cm³/mol. The van der Waals surface area contributed by atoms with Gasteiger partial charge < -0.3 is 4.98 Å². The van der Waals surface area contributed by atoms with Crippen LogP contribution in [-0.4, -0.2) is 4.98 Å². The highest BCUT2D eigenvalue weighted by molar-refractivity contribution is 6.29. The number of aromatic nitrogens is 1. The highest BCUT2D eigenvalue weighted by Crippen LogP contribution is 2.48. The van der Waals surface area contributed by atoms with Crippen molar-refractivity contribution in [2.24, 2.45) is 0 Å². The second-order valence-electron chi connectivity index (χ2n) is 12.5. The van der Waals surface area contributed by atoms with E-state index in [1.807, 2.05) is 0 Å². The fourth-order valence-corrected chi connectivity index (χ4v) is 7.94. The van der Waals surface area contributed by atoms with Crippen molar-refractivity contribution in [2.45, 2.75) is 0 Å². The van der Waals surface area contributed by atoms with Gasteiger partial charge >= 0.3 is 0 Å². The van der Waals surface area contributed by atoms with Gasteiger partial charge in [-0.3, -0.25) is 0 Å². The monoisotopic (exact) mass is 595 g/mol. The number of para-hydroxylation sites is 1. The molecule has 0 saturated heterocycles. The Kier molecular flexibility index (Phi) is 5.64. The first-order chi connectivity index (χ1) is 23.3. The van der Waals surface area contributed by atoms with Crippen LogP contribution in [0.2, 0.25) is 0 Å². The van der Waals surface area contributed by atoms with Crippen molar-refractivity contribution in [3.63, 3.8) is 0 Å². The fourth-order valence-electron chi connectivity index (χ4n) is 7.94. The molecule has 1 nitrogen and oxygen atoms in total. The molecule has 218 valence electrons. The molecule has 0 radical (unpaired) electrons. The molecule has 47 heavy (non-hydrogen) atoms. The third-order valence-electron chi connectivity index (χ3n) is 9.96. The molecular weight excluding hydrogens is 567 g/mol. The van der Waals surface area contributed by atoms with Crippen LogP contribution in [0.1, 0.15) is 0 Å². The van der Waals surface area contributed by atoms with Crippen molar-refractivity contribution in [3.05, 3.63) is 170 Å². The van der Waals surface area contributed by atoms with Crippen LogP contribution >= 0.6 is 0 Å². The SMILES string of the molecule is c1cc(-c2cccc3ccccc23)cc(-c2c3ccccc3c(-c3c4ccccc4cc4c3[nH]c3ccccc34)c3ccccc23)c1. The molecule has 0 atom stereocenters. The van der Waals surface area contributed by atoms with E-state index in [0.29, 0.717) is 0 Å². The largest absolute Gasteiger partial charge is 0.354 e. The summed E-state index contributed by atoms with van der Waals surface area (Å²) in [7, 11) is 0. The van der Waals surface area contributed by atoms with E-state index in [4.69, 9.17) is 0 Å². The first kappa shape index (κ1) is 26.1. The summed E-state index contributed by atoms with van der Waals surface area (Å²) in [6, 6.07) is 62.2. The van der Waals surface area contributed by atoms with Crippen molar-refractivity contribution in [1.82, 2.24) is 4.98 Å². The zero-order chi connectivity index (χ0) is 30.9. The topological polar surface area (TPSA) is 15.8 Å². The van der Waals surface area contributed by atoms with Gasteiger partial charge in [0.2, 0.25) is 0 Å². The molecule has 9 aromatic carbocycles. The van der Waals surface area contributed by atoms with Gasteiger partial charge in [0.15, 0.2) is 0 Å². The van der Waals surface area contributed by atoms with E-state index in [1.54, 1.807) is 0 Å². The van der Waals surface area contributed by atoms with Gasteiger partial charge in [-0.25, -0.2) is 0 Å². The van der Waals surface area contributed by atoms with E-state index in [-0.39, 0.29) is 0 Å². The van der Waals surface area contributed by atoms with E-state index in [0.717, 1.165) is 5.52 Å². The maximum Gasteiger partial charge on any atom is 0.0551 e. The van der Waals surface area contributed by atoms with Crippen LogP contribution in [0.4, 0.5) is 0 Å². The number of H-pyrrole nitrogens is 1. The van der Waals surface area contributed by atoms with Crippen LogP contribution in [0.3, 0.4) is 0 Å². The first-order valence-electron chi connectivity index (χ1n) is 16.3. The van der Waals surface area contributed by atoms with Gasteiger partial charge in [0, 0.05) is 27.4 Å². The molecule has 0 aliphatic carbocycles. The van der Waals surface area contributed by atoms with Gasteiger partial charge in [-0.05, 0) is 83.5 Å². The third-order valence-corrected chi connectivity index (χ3v) is 9.96. The summed E-state index contributed by atoms with van der Waals surface area (Å²) in [5, 5.41) is 12.6. The minimum absolute atomic E-state index is 1.16. The number of aromatic amines is 1. The summed E-state index contributed by atoms with van der Waals surface area (Å²) >= 11 is 0. The normalized spacial score (nSPS) is 11.8. The summed E-state index contributed by atoms with van der Waals surface area (Å²) in [6.45, 7) is 0. The number of rotatable bonds is 3. The minimum atomic E-state index is 1.16. The molecular formula is C46H29N. The average Bonchev–Trinajstić information content (AvgIpc) is 3.51. The Morgan fingerprint density at radius 2 is 0.830 bits per heavy atom. The van der Waals surface area contributed by atoms with E-state index >= 15 is 0 Å². The second-order valence-corrected chi connectivity index (χ2v) is 12.5. The molecule has 1 aromatic heterocycles. The van der Waals surface area contributed by atoms with Crippen LogP contribution in [0, 0.1) is 0 Å². The summed E-state index contributed by atoms with van der Waals surface area (Å²) < 4.78 is 0. The quantitative estimate of drug-likeness (QED) is 0.196. The Hall–Kier alpha value is -6.18. The summed E-state index contributed by atoms with van der Waals surface area (Å²) in [5.41, 5.74) is 9.87. The van der Waals surface area contributed by atoms with Crippen LogP contribution in [0.5, 0.6) is 0 Å². The Morgan fingerprint density at radius 1 is 0.298 bits per heavy atom. The van der Waals surface area contributed by atoms with Gasteiger partial charge in [0.05, 0.1) is 5.52 Å². The minimum Gasteiger partial charge on any atom is -0.354 e. The summed E-state index contributed by atoms with van der Waals surface area (Å²) in [4.78, 5) is 3.85. The molecule has 1 N–H and O–H groups in total. The summed E-state index contributed by atoms with van der Waals surface area (Å²) in [6.07, 6.45) is 0. The molecule has 0 amide bonds. The van der Waals surface area contributed by atoms with Crippen molar-refractivity contribution in [2.75, 3.05) is 0 Å². The average molecular weight is 596 g/mol. The molecule has 0 saturated carbocycles. The third kappa shape index (κ3) is 3.90. The Morgan fingerprint density at radius 3 is 1.57 bits per heavy atom. The van der Waals surface area contributed by atoms with E-state index in [1.165, 1.54) is 92.8 Å². The van der Waals surface area contributed by atoms with Gasteiger partial charge in [0.25, 0.3) is 0 Å². The lowest BCUT2D eigenvalue weighted by molar-refractivity contribution is 1.55. The van der Waals surface area contributed by atoms with Gasteiger partial charge in [-0.1, -0.05) is 152 Å². The van der Waals surface area contributed by atoms with Crippen molar-refractivity contribution >= 4 is 64.9 Å². The Bertz CT molecular complexity index is 2790. The standard InChI is InChI=1S/C46H29N/c1-3-18-33-29(13-1)15-12-25-34(33)30-16-11-17-32(27-30)43-37-21-5-7-23-39(37)44(40-24-8-6-22-38(40)43)45-35-19-4-2-14-31(35)28-41-36-20-9-10-26-42(36)47-46(41)45/h1-28,47H. The predicted octanol–water partition coefficient (Wildman–Crippen LogP) is 12.9. The Labute approximate surface area is 272 Å². The number of benzene rings is 9. The van der Waals surface area contributed by atoms with Crippen LogP contribution in [-0.2, 0) is 0 Å². The highest BCUT2D eigenvalue weighted by atomic mass is 14.7. The van der Waals surface area contributed by atoms with Gasteiger partial charge in [-0.2, -0.15) is 0 Å². The lowest BCUT2D eigenvalue weighted by Crippen LogP contribution is -1.93. The fraction of sp³-hybridized carbons (Fsp3) is 0.